The highest BCUT2D eigenvalue weighted by Gasteiger charge is 2.13. The summed E-state index contributed by atoms with van der Waals surface area (Å²) in [7, 11) is 0. The average molecular weight is 347 g/mol. The fourth-order valence-electron chi connectivity index (χ4n) is 2.84. The molecular formula is C22H21NOS. The fraction of sp³-hybridized carbons (Fsp3) is 0.136. The summed E-state index contributed by atoms with van der Waals surface area (Å²) in [4.78, 5) is 13.1. The van der Waals surface area contributed by atoms with Gasteiger partial charge in [0.2, 0.25) is 5.91 Å². The summed E-state index contributed by atoms with van der Waals surface area (Å²) in [6.07, 6.45) is 4.32. The van der Waals surface area contributed by atoms with Crippen molar-refractivity contribution in [3.8, 4) is 0 Å². The highest BCUT2D eigenvalue weighted by Crippen LogP contribution is 2.27. The lowest BCUT2D eigenvalue weighted by Gasteiger charge is -2.18. The van der Waals surface area contributed by atoms with E-state index in [1.807, 2.05) is 35.7 Å². The molecule has 0 spiro atoms. The zero-order chi connectivity index (χ0) is 17.3. The molecule has 1 heterocycles. The van der Waals surface area contributed by atoms with Crippen LogP contribution in [-0.2, 0) is 4.79 Å². The van der Waals surface area contributed by atoms with Gasteiger partial charge in [-0.3, -0.25) is 4.79 Å². The summed E-state index contributed by atoms with van der Waals surface area (Å²) in [6, 6.07) is 24.9. The van der Waals surface area contributed by atoms with Gasteiger partial charge in [0.25, 0.3) is 0 Å². The Morgan fingerprint density at radius 1 is 0.920 bits per heavy atom. The molecule has 3 aromatic rings. The average Bonchev–Trinajstić information content (AvgIpc) is 3.19. The fourth-order valence-corrected chi connectivity index (χ4v) is 3.46. The van der Waals surface area contributed by atoms with Crippen LogP contribution in [0.3, 0.4) is 0 Å². The maximum Gasteiger partial charge on any atom is 0.244 e. The molecule has 1 N–H and O–H groups in total. The van der Waals surface area contributed by atoms with Crippen molar-refractivity contribution >= 4 is 23.3 Å². The molecule has 2 nitrogen and oxygen atoms in total. The van der Waals surface area contributed by atoms with E-state index in [0.29, 0.717) is 6.54 Å². The van der Waals surface area contributed by atoms with Crippen molar-refractivity contribution in [2.24, 2.45) is 0 Å². The van der Waals surface area contributed by atoms with Crippen LogP contribution < -0.4 is 5.32 Å². The number of rotatable bonds is 7. The first-order valence-electron chi connectivity index (χ1n) is 8.42. The summed E-state index contributed by atoms with van der Waals surface area (Å²) in [5.41, 5.74) is 2.55. The van der Waals surface area contributed by atoms with Crippen molar-refractivity contribution in [1.82, 2.24) is 5.32 Å². The third kappa shape index (κ3) is 5.16. The second kappa shape index (κ2) is 9.00. The highest BCUT2D eigenvalue weighted by atomic mass is 32.1. The van der Waals surface area contributed by atoms with E-state index in [9.17, 15) is 4.79 Å². The Morgan fingerprint density at radius 3 is 2.12 bits per heavy atom. The molecule has 0 fully saturated rings. The predicted molar refractivity (Wildman–Crippen MR) is 106 cm³/mol. The Bertz CT molecular complexity index is 755. The normalized spacial score (nSPS) is 11.1. The first-order valence-corrected chi connectivity index (χ1v) is 9.30. The minimum absolute atomic E-state index is 0.0479. The first kappa shape index (κ1) is 17.2. The molecule has 126 valence electrons. The Labute approximate surface area is 152 Å². The molecule has 0 radical (unpaired) electrons. The Hall–Kier alpha value is -2.65. The van der Waals surface area contributed by atoms with Crippen molar-refractivity contribution in [2.45, 2.75) is 12.3 Å². The SMILES string of the molecule is O=C(/C=C/c1cccs1)NCCC(c1ccccc1)c1ccccc1. The van der Waals surface area contributed by atoms with Gasteiger partial charge in [0.15, 0.2) is 0 Å². The van der Waals surface area contributed by atoms with Gasteiger partial charge in [-0.05, 0) is 35.1 Å². The van der Waals surface area contributed by atoms with Crippen molar-refractivity contribution in [3.63, 3.8) is 0 Å². The van der Waals surface area contributed by atoms with Gasteiger partial charge in [0.05, 0.1) is 0 Å². The number of nitrogens with one attached hydrogen (secondary N) is 1. The highest BCUT2D eigenvalue weighted by molar-refractivity contribution is 7.10. The molecular weight excluding hydrogens is 326 g/mol. The Balaban J connectivity index is 1.60. The van der Waals surface area contributed by atoms with Gasteiger partial charge in [-0.15, -0.1) is 11.3 Å². The van der Waals surface area contributed by atoms with Gasteiger partial charge in [-0.1, -0.05) is 66.7 Å². The molecule has 0 aliphatic carbocycles. The second-order valence-electron chi connectivity index (χ2n) is 5.80. The van der Waals surface area contributed by atoms with Gasteiger partial charge in [0, 0.05) is 23.4 Å². The lowest BCUT2D eigenvalue weighted by Crippen LogP contribution is -2.23. The number of hydrogen-bond acceptors (Lipinski definition) is 2. The molecule has 3 rings (SSSR count). The number of thiophene rings is 1. The molecule has 0 atom stereocenters. The minimum Gasteiger partial charge on any atom is -0.353 e. The number of carbonyl (C=O) groups is 1. The summed E-state index contributed by atoms with van der Waals surface area (Å²) >= 11 is 1.62. The summed E-state index contributed by atoms with van der Waals surface area (Å²) in [5.74, 6) is 0.234. The molecule has 2 aromatic carbocycles. The first-order chi connectivity index (χ1) is 12.3. The van der Waals surface area contributed by atoms with Crippen LogP contribution in [0.4, 0.5) is 0 Å². The van der Waals surface area contributed by atoms with E-state index in [4.69, 9.17) is 0 Å². The molecule has 25 heavy (non-hydrogen) atoms. The second-order valence-corrected chi connectivity index (χ2v) is 6.78. The van der Waals surface area contributed by atoms with E-state index in [1.165, 1.54) is 11.1 Å². The van der Waals surface area contributed by atoms with E-state index in [-0.39, 0.29) is 11.8 Å². The van der Waals surface area contributed by atoms with Gasteiger partial charge < -0.3 is 5.32 Å². The molecule has 0 saturated heterocycles. The number of hydrogen-bond donors (Lipinski definition) is 1. The van der Waals surface area contributed by atoms with Crippen LogP contribution >= 0.6 is 11.3 Å². The topological polar surface area (TPSA) is 29.1 Å². The molecule has 1 amide bonds. The van der Waals surface area contributed by atoms with Crippen molar-refractivity contribution in [3.05, 3.63) is 100 Å². The third-order valence-electron chi connectivity index (χ3n) is 4.08. The van der Waals surface area contributed by atoms with E-state index in [2.05, 4.69) is 53.8 Å². The summed E-state index contributed by atoms with van der Waals surface area (Å²) in [6.45, 7) is 0.641. The lowest BCUT2D eigenvalue weighted by molar-refractivity contribution is -0.116. The molecule has 1 aromatic heterocycles. The summed E-state index contributed by atoms with van der Waals surface area (Å²) < 4.78 is 0. The molecule has 3 heteroatoms. The van der Waals surface area contributed by atoms with Crippen molar-refractivity contribution < 1.29 is 4.79 Å². The number of carbonyl (C=O) groups excluding carboxylic acids is 1. The molecule has 0 unspecified atom stereocenters. The molecule has 0 bridgehead atoms. The van der Waals surface area contributed by atoms with E-state index in [0.717, 1.165) is 11.3 Å². The summed E-state index contributed by atoms with van der Waals surface area (Å²) in [5, 5.41) is 5.00. The number of amides is 1. The largest absolute Gasteiger partial charge is 0.353 e. The van der Waals surface area contributed by atoms with Crippen LogP contribution in [0, 0.1) is 0 Å². The van der Waals surface area contributed by atoms with E-state index < -0.39 is 0 Å². The van der Waals surface area contributed by atoms with Crippen molar-refractivity contribution in [1.29, 1.82) is 0 Å². The van der Waals surface area contributed by atoms with Gasteiger partial charge in [0.1, 0.15) is 0 Å². The molecule has 0 saturated carbocycles. The zero-order valence-corrected chi connectivity index (χ0v) is 14.8. The monoisotopic (exact) mass is 347 g/mol. The van der Waals surface area contributed by atoms with E-state index in [1.54, 1.807) is 17.4 Å². The quantitative estimate of drug-likeness (QED) is 0.592. The van der Waals surface area contributed by atoms with Gasteiger partial charge >= 0.3 is 0 Å². The Kier molecular flexibility index (Phi) is 6.18. The smallest absolute Gasteiger partial charge is 0.244 e. The predicted octanol–water partition coefficient (Wildman–Crippen LogP) is 5.10. The standard InChI is InChI=1S/C22H21NOS/c24-22(14-13-20-12-7-17-25-20)23-16-15-21(18-8-3-1-4-9-18)19-10-5-2-6-11-19/h1-14,17,21H,15-16H2,(H,23,24)/b14-13+. The van der Waals surface area contributed by atoms with Crippen LogP contribution in [0.5, 0.6) is 0 Å². The third-order valence-corrected chi connectivity index (χ3v) is 4.92. The van der Waals surface area contributed by atoms with Gasteiger partial charge in [-0.2, -0.15) is 0 Å². The van der Waals surface area contributed by atoms with Crippen LogP contribution in [0.1, 0.15) is 28.3 Å². The van der Waals surface area contributed by atoms with Crippen LogP contribution in [0.15, 0.2) is 84.3 Å². The lowest BCUT2D eigenvalue weighted by atomic mass is 9.88. The van der Waals surface area contributed by atoms with Gasteiger partial charge in [-0.25, -0.2) is 0 Å². The van der Waals surface area contributed by atoms with E-state index >= 15 is 0 Å². The number of benzene rings is 2. The maximum atomic E-state index is 12.0. The van der Waals surface area contributed by atoms with Crippen LogP contribution in [0.25, 0.3) is 6.08 Å². The van der Waals surface area contributed by atoms with Crippen LogP contribution in [-0.4, -0.2) is 12.5 Å². The Morgan fingerprint density at radius 2 is 1.56 bits per heavy atom. The molecule has 0 aliphatic heterocycles. The molecule has 0 aliphatic rings. The minimum atomic E-state index is -0.0479. The van der Waals surface area contributed by atoms with Crippen LogP contribution in [0.2, 0.25) is 0 Å². The maximum absolute atomic E-state index is 12.0. The van der Waals surface area contributed by atoms with Crippen molar-refractivity contribution in [2.75, 3.05) is 6.54 Å². The zero-order valence-electron chi connectivity index (χ0n) is 14.0.